The molecule has 1 aliphatic carbocycles. The smallest absolute Gasteiger partial charge is 0.404 e. The summed E-state index contributed by atoms with van der Waals surface area (Å²) in [5, 5.41) is 15.0. The summed E-state index contributed by atoms with van der Waals surface area (Å²) in [6.45, 7) is 2.22. The first-order valence-electron chi connectivity index (χ1n) is 12.3. The lowest BCUT2D eigenvalue weighted by atomic mass is 9.92. The summed E-state index contributed by atoms with van der Waals surface area (Å²) in [5.41, 5.74) is 4.11. The first-order valence-corrected chi connectivity index (χ1v) is 12.7. The van der Waals surface area contributed by atoms with E-state index in [1.54, 1.807) is 19.2 Å². The molecule has 0 saturated heterocycles. The van der Waals surface area contributed by atoms with Gasteiger partial charge in [-0.2, -0.15) is 0 Å². The number of nitrogens with zero attached hydrogens (tertiary/aromatic N) is 1. The second kappa shape index (κ2) is 11.6. The highest BCUT2D eigenvalue weighted by molar-refractivity contribution is 6.31. The molecule has 0 unspecified atom stereocenters. The molecule has 9 heteroatoms. The van der Waals surface area contributed by atoms with Crippen molar-refractivity contribution in [2.45, 2.75) is 70.6 Å². The number of halogens is 1. The topological polar surface area (TPSA) is 110 Å². The Balaban J connectivity index is 1.59. The molecule has 36 heavy (non-hydrogen) atoms. The molecule has 0 radical (unpaired) electrons. The van der Waals surface area contributed by atoms with Gasteiger partial charge in [-0.15, -0.1) is 0 Å². The first kappa shape index (κ1) is 25.8. The van der Waals surface area contributed by atoms with Crippen molar-refractivity contribution >= 4 is 23.6 Å². The molecule has 0 bridgehead atoms. The summed E-state index contributed by atoms with van der Waals surface area (Å²) in [6, 6.07) is 5.42. The zero-order valence-corrected chi connectivity index (χ0v) is 21.4. The highest BCUT2D eigenvalue weighted by Gasteiger charge is 2.26. The maximum Gasteiger partial charge on any atom is 0.404 e. The maximum atomic E-state index is 13.4. The minimum atomic E-state index is -1.00. The van der Waals surface area contributed by atoms with E-state index >= 15 is 0 Å². The number of fused-ring (bicyclic) bond motifs is 2. The van der Waals surface area contributed by atoms with Crippen molar-refractivity contribution < 1.29 is 24.2 Å². The maximum absolute atomic E-state index is 13.4. The lowest BCUT2D eigenvalue weighted by molar-refractivity contribution is 0.0947. The Morgan fingerprint density at radius 2 is 1.94 bits per heavy atom. The van der Waals surface area contributed by atoms with Gasteiger partial charge in [-0.3, -0.25) is 4.79 Å². The number of benzene rings is 1. The van der Waals surface area contributed by atoms with E-state index in [4.69, 9.17) is 26.2 Å². The fourth-order valence-corrected chi connectivity index (χ4v) is 5.16. The van der Waals surface area contributed by atoms with E-state index in [1.165, 1.54) is 0 Å². The number of rotatable bonds is 4. The summed E-state index contributed by atoms with van der Waals surface area (Å²) in [5.74, 6) is 0.878. The number of nitrogens with one attached hydrogen (secondary N) is 2. The largest absolute Gasteiger partial charge is 0.490 e. The normalized spacial score (nSPS) is 21.0. The molecule has 192 valence electrons. The van der Waals surface area contributed by atoms with E-state index < -0.39 is 6.09 Å². The Hall–Kier alpha value is -3.26. The number of aryl methyl sites for hydroxylation is 2. The van der Waals surface area contributed by atoms with Crippen molar-refractivity contribution in [3.63, 3.8) is 0 Å². The number of hydrogen-bond donors (Lipinski definition) is 3. The van der Waals surface area contributed by atoms with E-state index in [0.29, 0.717) is 41.5 Å². The Morgan fingerprint density at radius 1 is 1.17 bits per heavy atom. The number of ether oxygens (including phenoxy) is 2. The number of aromatic nitrogens is 1. The van der Waals surface area contributed by atoms with Gasteiger partial charge in [0.05, 0.1) is 13.2 Å². The van der Waals surface area contributed by atoms with Gasteiger partial charge in [0, 0.05) is 40.0 Å². The minimum absolute atomic E-state index is 0.0610. The summed E-state index contributed by atoms with van der Waals surface area (Å²) < 4.78 is 11.9. The quantitative estimate of drug-likeness (QED) is 0.497. The van der Waals surface area contributed by atoms with Crippen LogP contribution in [0.1, 0.15) is 64.8 Å². The van der Waals surface area contributed by atoms with E-state index in [9.17, 15) is 9.59 Å². The van der Waals surface area contributed by atoms with Crippen LogP contribution >= 0.6 is 11.6 Å². The lowest BCUT2D eigenvalue weighted by Gasteiger charge is -2.29. The van der Waals surface area contributed by atoms with E-state index in [2.05, 4.69) is 27.8 Å². The van der Waals surface area contributed by atoms with Crippen LogP contribution in [0.4, 0.5) is 4.79 Å². The fourth-order valence-electron chi connectivity index (χ4n) is 4.95. The van der Waals surface area contributed by atoms with Crippen LogP contribution in [0, 0.1) is 6.92 Å². The summed E-state index contributed by atoms with van der Waals surface area (Å²) >= 11 is 6.43. The van der Waals surface area contributed by atoms with Gasteiger partial charge in [-0.25, -0.2) is 9.78 Å². The molecule has 1 fully saturated rings. The van der Waals surface area contributed by atoms with Gasteiger partial charge in [0.15, 0.2) is 0 Å². The van der Waals surface area contributed by atoms with Crippen molar-refractivity contribution in [2.24, 2.45) is 0 Å². The third kappa shape index (κ3) is 6.29. The van der Waals surface area contributed by atoms with Gasteiger partial charge in [-0.05, 0) is 75.6 Å². The molecular formula is C27H32ClN3O5. The predicted molar refractivity (Wildman–Crippen MR) is 137 cm³/mol. The minimum Gasteiger partial charge on any atom is -0.490 e. The molecule has 1 aliphatic heterocycles. The summed E-state index contributed by atoms with van der Waals surface area (Å²) in [7, 11) is 1.59. The number of methoxy groups -OCH3 is 1. The van der Waals surface area contributed by atoms with Crippen LogP contribution in [0.25, 0.3) is 0 Å². The molecule has 8 nitrogen and oxygen atoms in total. The van der Waals surface area contributed by atoms with Crippen molar-refractivity contribution in [2.75, 3.05) is 7.11 Å². The molecule has 2 aliphatic rings. The molecule has 3 N–H and O–H groups in total. The van der Waals surface area contributed by atoms with Crippen LogP contribution in [0.3, 0.4) is 0 Å². The van der Waals surface area contributed by atoms with E-state index in [1.807, 2.05) is 13.0 Å². The Morgan fingerprint density at radius 3 is 2.67 bits per heavy atom. The molecule has 2 heterocycles. The second-order valence-corrected chi connectivity index (χ2v) is 9.71. The zero-order valence-electron chi connectivity index (χ0n) is 20.6. The number of carboxylic acid groups (broad SMARTS) is 1. The van der Waals surface area contributed by atoms with E-state index in [-0.39, 0.29) is 24.6 Å². The Labute approximate surface area is 216 Å². The van der Waals surface area contributed by atoms with Gasteiger partial charge in [0.2, 0.25) is 5.88 Å². The summed E-state index contributed by atoms with van der Waals surface area (Å²) in [6.07, 6.45) is 8.15. The highest BCUT2D eigenvalue weighted by atomic mass is 35.5. The van der Waals surface area contributed by atoms with Gasteiger partial charge in [0.25, 0.3) is 5.91 Å². The van der Waals surface area contributed by atoms with Crippen LogP contribution < -0.4 is 20.1 Å². The number of amides is 2. The predicted octanol–water partition coefficient (Wildman–Crippen LogP) is 4.98. The molecule has 0 spiro atoms. The molecule has 2 aromatic rings. The SMILES string of the molecule is COc1nc(C)cc2c1CNC(=O)c1cc(Cl)cc(OC3CCC(NC(=O)O)CC3)c1C/C=C/CC2. The number of carbonyl (C=O) groups excluding carboxylic acids is 1. The van der Waals surface area contributed by atoms with Crippen LogP contribution in [0.5, 0.6) is 11.6 Å². The third-order valence-corrected chi connectivity index (χ3v) is 6.93. The monoisotopic (exact) mass is 513 g/mol. The van der Waals surface area contributed by atoms with Gasteiger partial charge in [-0.1, -0.05) is 23.8 Å². The number of allylic oxidation sites excluding steroid dienone is 2. The fraction of sp³-hybridized carbons (Fsp3) is 0.444. The van der Waals surface area contributed by atoms with Gasteiger partial charge < -0.3 is 25.2 Å². The van der Waals surface area contributed by atoms with Crippen molar-refractivity contribution in [1.82, 2.24) is 15.6 Å². The molecular weight excluding hydrogens is 482 g/mol. The van der Waals surface area contributed by atoms with Crippen molar-refractivity contribution in [3.8, 4) is 11.6 Å². The molecule has 1 saturated carbocycles. The number of carbonyl (C=O) groups is 2. The van der Waals surface area contributed by atoms with Crippen LogP contribution in [-0.2, 0) is 19.4 Å². The number of hydrogen-bond acceptors (Lipinski definition) is 5. The summed E-state index contributed by atoms with van der Waals surface area (Å²) in [4.78, 5) is 28.8. The molecule has 2 amide bonds. The lowest BCUT2D eigenvalue weighted by Crippen LogP contribution is -2.39. The number of pyridine rings is 1. The molecule has 4 rings (SSSR count). The first-order chi connectivity index (χ1) is 17.3. The highest BCUT2D eigenvalue weighted by Crippen LogP contribution is 2.33. The standard InChI is InChI=1S/C27H32ClN3O5/c1-16-12-17-6-4-3-5-7-21-22(25(32)29-15-23(17)26(30-16)35-2)13-18(28)14-24(21)36-20-10-8-19(9-11-20)31-27(33)34/h3,5,12-14,19-20,31H,4,6-11,15H2,1-2H3,(H,29,32)(H,33,34)/b5-3+. The third-order valence-electron chi connectivity index (χ3n) is 6.71. The zero-order chi connectivity index (χ0) is 25.7. The second-order valence-electron chi connectivity index (χ2n) is 9.28. The average molecular weight is 514 g/mol. The van der Waals surface area contributed by atoms with Crippen LogP contribution in [-0.4, -0.2) is 41.3 Å². The van der Waals surface area contributed by atoms with Crippen LogP contribution in [0.15, 0.2) is 30.4 Å². The van der Waals surface area contributed by atoms with Gasteiger partial charge >= 0.3 is 6.09 Å². The van der Waals surface area contributed by atoms with Crippen molar-refractivity contribution in [1.29, 1.82) is 0 Å². The van der Waals surface area contributed by atoms with Gasteiger partial charge in [0.1, 0.15) is 5.75 Å². The van der Waals surface area contributed by atoms with Crippen molar-refractivity contribution in [3.05, 3.63) is 63.3 Å². The molecule has 0 atom stereocenters. The van der Waals surface area contributed by atoms with E-state index in [0.717, 1.165) is 48.1 Å². The average Bonchev–Trinajstić information content (AvgIpc) is 2.83. The van der Waals surface area contributed by atoms with Crippen LogP contribution in [0.2, 0.25) is 5.02 Å². The molecule has 1 aromatic heterocycles. The Kier molecular flexibility index (Phi) is 8.36. The molecule has 1 aromatic carbocycles. The Bertz CT molecular complexity index is 1160.